The van der Waals surface area contributed by atoms with Crippen LogP contribution in [-0.4, -0.2) is 16.2 Å². The second-order valence-electron chi connectivity index (χ2n) is 2.99. The summed E-state index contributed by atoms with van der Waals surface area (Å²) in [6.45, 7) is 0. The fraction of sp³-hybridized carbons (Fsp3) is 0.100. The monoisotopic (exact) mass is 208 g/mol. The molecule has 72 valence electrons. The Hall–Kier alpha value is -1.55. The largest absolute Gasteiger partial charge is 0.506 e. The van der Waals surface area contributed by atoms with Gasteiger partial charge in [0.1, 0.15) is 5.75 Å². The van der Waals surface area contributed by atoms with E-state index in [0.717, 1.165) is 15.6 Å². The van der Waals surface area contributed by atoms with E-state index >= 15 is 0 Å². The number of fused-ring (bicyclic) bond motifs is 1. The zero-order valence-electron chi connectivity index (χ0n) is 7.23. The maximum absolute atomic E-state index is 10.5. The number of thiophene rings is 1. The molecule has 2 rings (SSSR count). The molecule has 2 aromatic rings. The van der Waals surface area contributed by atoms with Gasteiger partial charge in [0, 0.05) is 0 Å². The number of carboxylic acids is 1. The molecule has 0 aliphatic heterocycles. The number of rotatable bonds is 2. The standard InChI is InChI=1S/C10H8O3S/c11-8-3-1-2-7-6(4-9(12)13)5-14-10(7)8/h1-3,5,11H,4H2,(H,12,13). The van der Waals surface area contributed by atoms with Gasteiger partial charge in [0.15, 0.2) is 0 Å². The molecule has 0 saturated heterocycles. The third-order valence-electron chi connectivity index (χ3n) is 2.00. The van der Waals surface area contributed by atoms with E-state index in [1.54, 1.807) is 17.5 Å². The summed E-state index contributed by atoms with van der Waals surface area (Å²) in [6, 6.07) is 5.14. The first-order valence-electron chi connectivity index (χ1n) is 4.08. The van der Waals surface area contributed by atoms with Crippen LogP contribution >= 0.6 is 11.3 Å². The van der Waals surface area contributed by atoms with Crippen molar-refractivity contribution in [1.29, 1.82) is 0 Å². The number of hydrogen-bond donors (Lipinski definition) is 2. The van der Waals surface area contributed by atoms with Crippen molar-refractivity contribution in [3.63, 3.8) is 0 Å². The van der Waals surface area contributed by atoms with Crippen molar-refractivity contribution >= 4 is 27.4 Å². The van der Waals surface area contributed by atoms with Crippen LogP contribution in [0, 0.1) is 0 Å². The van der Waals surface area contributed by atoms with E-state index in [0.29, 0.717) is 0 Å². The van der Waals surface area contributed by atoms with Crippen molar-refractivity contribution in [1.82, 2.24) is 0 Å². The normalized spacial score (nSPS) is 10.6. The molecule has 1 aromatic heterocycles. The Kier molecular flexibility index (Phi) is 2.13. The van der Waals surface area contributed by atoms with Gasteiger partial charge in [-0.2, -0.15) is 0 Å². The van der Waals surface area contributed by atoms with Crippen LogP contribution in [0.4, 0.5) is 0 Å². The van der Waals surface area contributed by atoms with Gasteiger partial charge in [0.2, 0.25) is 0 Å². The van der Waals surface area contributed by atoms with Gasteiger partial charge in [0.25, 0.3) is 0 Å². The van der Waals surface area contributed by atoms with E-state index in [1.807, 2.05) is 6.07 Å². The maximum atomic E-state index is 10.5. The molecule has 4 heteroatoms. The minimum atomic E-state index is -0.854. The predicted molar refractivity (Wildman–Crippen MR) is 54.8 cm³/mol. The molecule has 0 atom stereocenters. The Balaban J connectivity index is 2.58. The minimum Gasteiger partial charge on any atom is -0.506 e. The topological polar surface area (TPSA) is 57.5 Å². The van der Waals surface area contributed by atoms with Crippen LogP contribution in [0.3, 0.4) is 0 Å². The predicted octanol–water partition coefficient (Wildman–Crippen LogP) is 2.23. The molecular formula is C10H8O3S. The number of aliphatic carboxylic acids is 1. The maximum Gasteiger partial charge on any atom is 0.307 e. The van der Waals surface area contributed by atoms with Gasteiger partial charge in [-0.05, 0) is 22.4 Å². The van der Waals surface area contributed by atoms with Crippen molar-refractivity contribution in [2.75, 3.05) is 0 Å². The Morgan fingerprint density at radius 2 is 2.21 bits per heavy atom. The summed E-state index contributed by atoms with van der Waals surface area (Å²) in [5, 5.41) is 20.7. The van der Waals surface area contributed by atoms with Crippen molar-refractivity contribution in [2.45, 2.75) is 6.42 Å². The zero-order valence-corrected chi connectivity index (χ0v) is 8.04. The Morgan fingerprint density at radius 3 is 2.93 bits per heavy atom. The zero-order chi connectivity index (χ0) is 10.1. The summed E-state index contributed by atoms with van der Waals surface area (Å²) in [7, 11) is 0. The molecule has 1 heterocycles. The molecule has 0 aliphatic rings. The first-order chi connectivity index (χ1) is 6.68. The second kappa shape index (κ2) is 3.31. The molecule has 0 aliphatic carbocycles. The molecule has 14 heavy (non-hydrogen) atoms. The van der Waals surface area contributed by atoms with E-state index in [9.17, 15) is 9.90 Å². The average Bonchev–Trinajstić information content (AvgIpc) is 2.49. The van der Waals surface area contributed by atoms with Crippen LogP contribution in [0.2, 0.25) is 0 Å². The van der Waals surface area contributed by atoms with E-state index in [1.165, 1.54) is 11.3 Å². The number of phenolic OH excluding ortho intramolecular Hbond substituents is 1. The van der Waals surface area contributed by atoms with Gasteiger partial charge in [-0.15, -0.1) is 11.3 Å². The lowest BCUT2D eigenvalue weighted by molar-refractivity contribution is -0.136. The van der Waals surface area contributed by atoms with Gasteiger partial charge in [-0.25, -0.2) is 0 Å². The Labute approximate surface area is 84.2 Å². The summed E-state index contributed by atoms with van der Waals surface area (Å²) < 4.78 is 0.753. The molecule has 0 bridgehead atoms. The Bertz CT molecular complexity index is 487. The highest BCUT2D eigenvalue weighted by Crippen LogP contribution is 2.32. The SMILES string of the molecule is O=C(O)Cc1csc2c(O)cccc12. The minimum absolute atomic E-state index is 0.00343. The van der Waals surface area contributed by atoms with E-state index in [-0.39, 0.29) is 12.2 Å². The average molecular weight is 208 g/mol. The number of phenols is 1. The summed E-state index contributed by atoms with van der Waals surface area (Å²) in [4.78, 5) is 10.5. The van der Waals surface area contributed by atoms with Crippen molar-refractivity contribution in [3.8, 4) is 5.75 Å². The molecule has 0 fully saturated rings. The number of carbonyl (C=O) groups is 1. The number of aromatic hydroxyl groups is 1. The van der Waals surface area contributed by atoms with E-state index < -0.39 is 5.97 Å². The van der Waals surface area contributed by atoms with Crippen LogP contribution in [0.25, 0.3) is 10.1 Å². The fourth-order valence-electron chi connectivity index (χ4n) is 1.39. The molecule has 0 amide bonds. The molecule has 0 radical (unpaired) electrons. The van der Waals surface area contributed by atoms with Gasteiger partial charge in [0.05, 0.1) is 11.1 Å². The van der Waals surface area contributed by atoms with Crippen molar-refractivity contribution in [3.05, 3.63) is 29.1 Å². The Morgan fingerprint density at radius 1 is 1.43 bits per heavy atom. The van der Waals surface area contributed by atoms with Crippen molar-refractivity contribution < 1.29 is 15.0 Å². The van der Waals surface area contributed by atoms with Gasteiger partial charge in [-0.1, -0.05) is 12.1 Å². The van der Waals surface area contributed by atoms with E-state index in [4.69, 9.17) is 5.11 Å². The highest BCUT2D eigenvalue weighted by atomic mass is 32.1. The second-order valence-corrected chi connectivity index (χ2v) is 3.86. The summed E-state index contributed by atoms with van der Waals surface area (Å²) in [5.74, 6) is -0.641. The number of benzene rings is 1. The first-order valence-corrected chi connectivity index (χ1v) is 4.96. The van der Waals surface area contributed by atoms with Crippen LogP contribution in [0.5, 0.6) is 5.75 Å². The molecule has 2 N–H and O–H groups in total. The lowest BCUT2D eigenvalue weighted by atomic mass is 10.1. The third kappa shape index (κ3) is 1.44. The summed E-state index contributed by atoms with van der Waals surface area (Å²) >= 11 is 1.37. The first kappa shape index (κ1) is 9.02. The summed E-state index contributed by atoms with van der Waals surface area (Å²) in [6.07, 6.45) is 0.00343. The number of hydrogen-bond acceptors (Lipinski definition) is 3. The fourth-order valence-corrected chi connectivity index (χ4v) is 2.38. The molecular weight excluding hydrogens is 200 g/mol. The summed E-state index contributed by atoms with van der Waals surface area (Å²) in [5.41, 5.74) is 0.758. The van der Waals surface area contributed by atoms with Gasteiger partial charge < -0.3 is 10.2 Å². The molecule has 0 unspecified atom stereocenters. The van der Waals surface area contributed by atoms with Crippen LogP contribution in [0.1, 0.15) is 5.56 Å². The smallest absolute Gasteiger partial charge is 0.307 e. The van der Waals surface area contributed by atoms with Crippen LogP contribution < -0.4 is 0 Å². The molecule has 0 spiro atoms. The highest BCUT2D eigenvalue weighted by molar-refractivity contribution is 7.17. The molecule has 1 aromatic carbocycles. The lowest BCUT2D eigenvalue weighted by Gasteiger charge is -1.95. The van der Waals surface area contributed by atoms with Gasteiger partial charge in [-0.3, -0.25) is 4.79 Å². The third-order valence-corrected chi connectivity index (χ3v) is 3.07. The van der Waals surface area contributed by atoms with Crippen LogP contribution in [0.15, 0.2) is 23.6 Å². The van der Waals surface area contributed by atoms with Gasteiger partial charge >= 0.3 is 5.97 Å². The highest BCUT2D eigenvalue weighted by Gasteiger charge is 2.09. The molecule has 0 saturated carbocycles. The van der Waals surface area contributed by atoms with Crippen LogP contribution in [-0.2, 0) is 11.2 Å². The van der Waals surface area contributed by atoms with E-state index in [2.05, 4.69) is 0 Å². The molecule has 3 nitrogen and oxygen atoms in total. The van der Waals surface area contributed by atoms with Crippen molar-refractivity contribution in [2.24, 2.45) is 0 Å². The quantitative estimate of drug-likeness (QED) is 0.795. The lowest BCUT2D eigenvalue weighted by Crippen LogP contribution is -1.98. The number of carboxylic acid groups (broad SMARTS) is 1.